The average molecular weight is 207 g/mol. The van der Waals surface area contributed by atoms with E-state index in [1.54, 1.807) is 11.3 Å². The fraction of sp³-hybridized carbons (Fsp3) is 0. The summed E-state index contributed by atoms with van der Waals surface area (Å²) in [6.07, 6.45) is 0.0556. The Morgan fingerprint density at radius 1 is 1.29 bits per heavy atom. The molecule has 72 valence electrons. The van der Waals surface area contributed by atoms with Crippen LogP contribution in [0.1, 0.15) is 0 Å². The van der Waals surface area contributed by atoms with Crippen LogP contribution >= 0.6 is 11.3 Å². The van der Waals surface area contributed by atoms with Gasteiger partial charge < -0.3 is 5.73 Å². The van der Waals surface area contributed by atoms with E-state index in [4.69, 9.17) is 4.79 Å². The summed E-state index contributed by atoms with van der Waals surface area (Å²) < 4.78 is 1.37. The molecule has 1 aromatic heterocycles. The standard InChI is InChI=1S/C8H6S.C2H3NO2/c1-2-4-8-7(3-1)5-6-9-8;3-2(5)1-4/h1-6H;1H,(H2,3,5). The molecule has 4 heteroatoms. The lowest BCUT2D eigenvalue weighted by molar-refractivity contribution is -0.129. The van der Waals surface area contributed by atoms with Gasteiger partial charge in [0.15, 0.2) is 0 Å². The highest BCUT2D eigenvalue weighted by Gasteiger charge is 1.87. The number of thiophene rings is 1. The minimum absolute atomic E-state index is 0.0556. The third-order valence-electron chi connectivity index (χ3n) is 1.48. The number of carbonyl (C=O) groups excluding carboxylic acids is 2. The Bertz CT molecular complexity index is 406. The molecule has 0 fully saturated rings. The van der Waals surface area contributed by atoms with Gasteiger partial charge in [-0.2, -0.15) is 0 Å². The number of amides is 1. The zero-order chi connectivity index (χ0) is 10.4. The molecule has 0 unspecified atom stereocenters. The average Bonchev–Trinajstić information content (AvgIpc) is 2.66. The summed E-state index contributed by atoms with van der Waals surface area (Å²) in [4.78, 5) is 18.3. The minimum Gasteiger partial charge on any atom is -0.363 e. The molecule has 0 bridgehead atoms. The van der Waals surface area contributed by atoms with Gasteiger partial charge in [0, 0.05) is 4.70 Å². The Kier molecular flexibility index (Phi) is 3.82. The third-order valence-corrected chi connectivity index (χ3v) is 2.38. The van der Waals surface area contributed by atoms with Crippen LogP contribution in [0.25, 0.3) is 10.1 Å². The van der Waals surface area contributed by atoms with Crippen molar-refractivity contribution in [2.45, 2.75) is 0 Å². The highest BCUT2D eigenvalue weighted by Crippen LogP contribution is 2.18. The molecule has 2 aromatic rings. The molecule has 0 saturated carbocycles. The van der Waals surface area contributed by atoms with E-state index in [1.165, 1.54) is 10.1 Å². The molecule has 0 atom stereocenters. The molecule has 0 aliphatic rings. The SMILES string of the molecule is NC(=O)C=O.c1ccc2sccc2c1. The van der Waals surface area contributed by atoms with E-state index in [2.05, 4.69) is 41.4 Å². The van der Waals surface area contributed by atoms with Gasteiger partial charge in [-0.15, -0.1) is 11.3 Å². The summed E-state index contributed by atoms with van der Waals surface area (Å²) in [7, 11) is 0. The molecule has 1 aromatic carbocycles. The van der Waals surface area contributed by atoms with Crippen LogP contribution in [0.15, 0.2) is 35.7 Å². The summed E-state index contributed by atoms with van der Waals surface area (Å²) in [5, 5.41) is 3.47. The molecule has 0 radical (unpaired) electrons. The van der Waals surface area contributed by atoms with Crippen molar-refractivity contribution in [2.24, 2.45) is 5.73 Å². The van der Waals surface area contributed by atoms with E-state index in [1.807, 2.05) is 0 Å². The van der Waals surface area contributed by atoms with Crippen molar-refractivity contribution in [3.63, 3.8) is 0 Å². The third kappa shape index (κ3) is 2.99. The number of fused-ring (bicyclic) bond motifs is 1. The van der Waals surface area contributed by atoms with Crippen LogP contribution in [-0.4, -0.2) is 12.2 Å². The molecule has 0 saturated heterocycles. The minimum atomic E-state index is -0.926. The van der Waals surface area contributed by atoms with Gasteiger partial charge in [-0.3, -0.25) is 9.59 Å². The Labute approximate surface area is 85.2 Å². The second-order valence-corrected chi connectivity index (χ2v) is 3.43. The lowest BCUT2D eigenvalue weighted by Crippen LogP contribution is -2.10. The molecule has 3 nitrogen and oxygen atoms in total. The van der Waals surface area contributed by atoms with Gasteiger partial charge in [-0.1, -0.05) is 18.2 Å². The lowest BCUT2D eigenvalue weighted by atomic mass is 10.3. The number of nitrogens with two attached hydrogens (primary N) is 1. The number of rotatable bonds is 1. The second-order valence-electron chi connectivity index (χ2n) is 2.48. The Balaban J connectivity index is 0.000000171. The van der Waals surface area contributed by atoms with E-state index in [0.29, 0.717) is 0 Å². The molecule has 0 aliphatic carbocycles. The Morgan fingerprint density at radius 2 is 1.93 bits per heavy atom. The van der Waals surface area contributed by atoms with Crippen LogP contribution < -0.4 is 5.73 Å². The summed E-state index contributed by atoms with van der Waals surface area (Å²) in [5.41, 5.74) is 4.28. The highest BCUT2D eigenvalue weighted by atomic mass is 32.1. The van der Waals surface area contributed by atoms with E-state index >= 15 is 0 Å². The molecular formula is C10H9NO2S. The van der Waals surface area contributed by atoms with Crippen LogP contribution in [0, 0.1) is 0 Å². The second kappa shape index (κ2) is 5.14. The van der Waals surface area contributed by atoms with Gasteiger partial charge in [0.25, 0.3) is 5.91 Å². The molecule has 2 rings (SSSR count). The first-order valence-electron chi connectivity index (χ1n) is 3.91. The van der Waals surface area contributed by atoms with Gasteiger partial charge in [0.05, 0.1) is 0 Å². The van der Waals surface area contributed by atoms with Crippen molar-refractivity contribution >= 4 is 33.6 Å². The zero-order valence-corrected chi connectivity index (χ0v) is 8.16. The van der Waals surface area contributed by atoms with Gasteiger partial charge in [-0.25, -0.2) is 0 Å². The van der Waals surface area contributed by atoms with Gasteiger partial charge in [0.1, 0.15) is 0 Å². The first-order valence-corrected chi connectivity index (χ1v) is 4.79. The number of primary amides is 1. The maximum atomic E-state index is 9.22. The topological polar surface area (TPSA) is 60.2 Å². The zero-order valence-electron chi connectivity index (χ0n) is 7.34. The fourth-order valence-electron chi connectivity index (χ4n) is 0.906. The fourth-order valence-corrected chi connectivity index (χ4v) is 1.70. The first-order chi connectivity index (χ1) is 6.74. The molecule has 0 spiro atoms. The maximum absolute atomic E-state index is 9.22. The van der Waals surface area contributed by atoms with Gasteiger partial charge in [0.2, 0.25) is 6.29 Å². The monoisotopic (exact) mass is 207 g/mol. The Morgan fingerprint density at radius 3 is 2.50 bits per heavy atom. The highest BCUT2D eigenvalue weighted by molar-refractivity contribution is 7.17. The van der Waals surface area contributed by atoms with Crippen molar-refractivity contribution in [1.29, 1.82) is 0 Å². The first kappa shape index (κ1) is 10.4. The van der Waals surface area contributed by atoms with Crippen LogP contribution in [-0.2, 0) is 9.59 Å². The van der Waals surface area contributed by atoms with Crippen molar-refractivity contribution in [1.82, 2.24) is 0 Å². The van der Waals surface area contributed by atoms with Crippen molar-refractivity contribution in [2.75, 3.05) is 0 Å². The summed E-state index contributed by atoms with van der Waals surface area (Å²) >= 11 is 1.79. The van der Waals surface area contributed by atoms with Gasteiger partial charge in [-0.05, 0) is 22.9 Å². The smallest absolute Gasteiger partial charge is 0.281 e. The van der Waals surface area contributed by atoms with Crippen molar-refractivity contribution in [3.8, 4) is 0 Å². The predicted octanol–water partition coefficient (Wildman–Crippen LogP) is 1.57. The number of hydrogen-bond acceptors (Lipinski definition) is 3. The van der Waals surface area contributed by atoms with E-state index in [-0.39, 0.29) is 6.29 Å². The summed E-state index contributed by atoms with van der Waals surface area (Å²) in [5.74, 6) is -0.926. The number of carbonyl (C=O) groups is 2. The molecular weight excluding hydrogens is 198 g/mol. The predicted molar refractivity (Wildman–Crippen MR) is 57.1 cm³/mol. The van der Waals surface area contributed by atoms with E-state index in [0.717, 1.165) is 0 Å². The van der Waals surface area contributed by atoms with Crippen LogP contribution in [0.4, 0.5) is 0 Å². The van der Waals surface area contributed by atoms with Crippen LogP contribution in [0.2, 0.25) is 0 Å². The normalized spacial score (nSPS) is 8.86. The van der Waals surface area contributed by atoms with Crippen LogP contribution in [0.3, 0.4) is 0 Å². The number of aldehydes is 1. The van der Waals surface area contributed by atoms with E-state index in [9.17, 15) is 4.79 Å². The van der Waals surface area contributed by atoms with Crippen molar-refractivity contribution < 1.29 is 9.59 Å². The van der Waals surface area contributed by atoms with Crippen LogP contribution in [0.5, 0.6) is 0 Å². The molecule has 2 N–H and O–H groups in total. The maximum Gasteiger partial charge on any atom is 0.281 e. The molecule has 0 aliphatic heterocycles. The summed E-state index contributed by atoms with van der Waals surface area (Å²) in [6, 6.07) is 10.5. The molecule has 1 heterocycles. The lowest BCUT2D eigenvalue weighted by Gasteiger charge is -1.82. The quantitative estimate of drug-likeness (QED) is 0.570. The number of benzene rings is 1. The molecule has 1 amide bonds. The van der Waals surface area contributed by atoms with Gasteiger partial charge >= 0.3 is 0 Å². The van der Waals surface area contributed by atoms with Crippen molar-refractivity contribution in [3.05, 3.63) is 35.7 Å². The largest absolute Gasteiger partial charge is 0.363 e. The summed E-state index contributed by atoms with van der Waals surface area (Å²) in [6.45, 7) is 0. The van der Waals surface area contributed by atoms with E-state index < -0.39 is 5.91 Å². The Hall–Kier alpha value is -1.68. The molecule has 14 heavy (non-hydrogen) atoms. The number of hydrogen-bond donors (Lipinski definition) is 1.